The van der Waals surface area contributed by atoms with Crippen molar-refractivity contribution < 1.29 is 4.39 Å². The molecule has 104 valence electrons. The fourth-order valence-corrected chi connectivity index (χ4v) is 1.70. The van der Waals surface area contributed by atoms with E-state index in [1.807, 2.05) is 0 Å². The van der Waals surface area contributed by atoms with Gasteiger partial charge in [0.25, 0.3) is 5.56 Å². The van der Waals surface area contributed by atoms with E-state index in [4.69, 9.17) is 11.6 Å². The molecule has 2 N–H and O–H groups in total. The molecular weight excluding hydrogens is 283 g/mol. The molecule has 0 radical (unpaired) electrons. The molecule has 0 atom stereocenters. The lowest BCUT2D eigenvalue weighted by atomic mass is 10.2. The summed E-state index contributed by atoms with van der Waals surface area (Å²) < 4.78 is 13.5. The summed E-state index contributed by atoms with van der Waals surface area (Å²) in [5, 5.41) is 4.06. The maximum absolute atomic E-state index is 13.5. The predicted octanol–water partition coefficient (Wildman–Crippen LogP) is 2.63. The molecule has 0 amide bonds. The molecule has 2 rings (SSSR count). The lowest BCUT2D eigenvalue weighted by Gasteiger charge is -2.03. The second-order valence-electron chi connectivity index (χ2n) is 4.13. The summed E-state index contributed by atoms with van der Waals surface area (Å²) in [6, 6.07) is 4.34. The molecule has 1 aromatic carbocycles. The quantitative estimate of drug-likeness (QED) is 0.675. The first kappa shape index (κ1) is 14.2. The van der Waals surface area contributed by atoms with Gasteiger partial charge >= 0.3 is 0 Å². The Morgan fingerprint density at radius 2 is 2.20 bits per heavy atom. The molecule has 0 fully saturated rings. The zero-order chi connectivity index (χ0) is 14.7. The second-order valence-corrected chi connectivity index (χ2v) is 4.54. The largest absolute Gasteiger partial charge is 0.291 e. The lowest BCUT2D eigenvalue weighted by molar-refractivity contribution is 0.626. The van der Waals surface area contributed by atoms with Crippen LogP contribution in [0, 0.1) is 19.7 Å². The number of hydrogen-bond donors (Lipinski definition) is 2. The number of aromatic amines is 1. The van der Waals surface area contributed by atoms with Gasteiger partial charge in [0.1, 0.15) is 5.82 Å². The third-order valence-corrected chi connectivity index (χ3v) is 3.09. The lowest BCUT2D eigenvalue weighted by Crippen LogP contribution is -2.15. The number of halogens is 2. The van der Waals surface area contributed by atoms with Crippen molar-refractivity contribution in [2.45, 2.75) is 13.8 Å². The Hall–Kier alpha value is -2.21. The fraction of sp³-hybridized carbons (Fsp3) is 0.154. The average Bonchev–Trinajstić information content (AvgIpc) is 2.39. The van der Waals surface area contributed by atoms with Crippen LogP contribution in [0.2, 0.25) is 5.02 Å². The van der Waals surface area contributed by atoms with Gasteiger partial charge in [-0.15, -0.1) is 0 Å². The van der Waals surface area contributed by atoms with Crippen LogP contribution in [0.25, 0.3) is 0 Å². The Labute approximate surface area is 119 Å². The topological polar surface area (TPSA) is 70.1 Å². The van der Waals surface area contributed by atoms with Gasteiger partial charge in [0.05, 0.1) is 11.2 Å². The maximum Gasteiger partial charge on any atom is 0.255 e. The summed E-state index contributed by atoms with van der Waals surface area (Å²) in [5.41, 5.74) is 3.57. The van der Waals surface area contributed by atoms with E-state index in [0.717, 1.165) is 0 Å². The summed E-state index contributed by atoms with van der Waals surface area (Å²) in [6.07, 6.45) is 1.23. The molecule has 1 aromatic heterocycles. The molecule has 20 heavy (non-hydrogen) atoms. The number of H-pyrrole nitrogens is 1. The van der Waals surface area contributed by atoms with Crippen molar-refractivity contribution in [1.29, 1.82) is 0 Å². The Balaban J connectivity index is 2.21. The molecule has 0 aliphatic rings. The Morgan fingerprint density at radius 1 is 1.45 bits per heavy atom. The minimum absolute atomic E-state index is 0.160. The van der Waals surface area contributed by atoms with Gasteiger partial charge in [-0.05, 0) is 26.0 Å². The smallest absolute Gasteiger partial charge is 0.255 e. The first-order valence-corrected chi connectivity index (χ1v) is 6.17. The second kappa shape index (κ2) is 5.83. The molecule has 7 heteroatoms. The van der Waals surface area contributed by atoms with Crippen LogP contribution in [0.5, 0.6) is 0 Å². The number of anilines is 1. The van der Waals surface area contributed by atoms with Gasteiger partial charge in [0, 0.05) is 16.8 Å². The maximum atomic E-state index is 13.5. The first-order chi connectivity index (χ1) is 9.49. The van der Waals surface area contributed by atoms with Crippen molar-refractivity contribution in [3.8, 4) is 0 Å². The van der Waals surface area contributed by atoms with Gasteiger partial charge in [-0.1, -0.05) is 17.7 Å². The normalized spacial score (nSPS) is 11.0. The highest BCUT2D eigenvalue weighted by Gasteiger charge is 2.04. The highest BCUT2D eigenvalue weighted by molar-refractivity contribution is 6.33. The molecule has 0 aliphatic heterocycles. The summed E-state index contributed by atoms with van der Waals surface area (Å²) >= 11 is 5.85. The van der Waals surface area contributed by atoms with E-state index in [0.29, 0.717) is 11.3 Å². The first-order valence-electron chi connectivity index (χ1n) is 5.79. The fourth-order valence-electron chi connectivity index (χ4n) is 1.49. The number of benzene rings is 1. The minimum atomic E-state index is -0.482. The van der Waals surface area contributed by atoms with E-state index in [1.54, 1.807) is 19.9 Å². The van der Waals surface area contributed by atoms with Crippen LogP contribution >= 0.6 is 11.6 Å². The molecule has 0 spiro atoms. The monoisotopic (exact) mass is 294 g/mol. The van der Waals surface area contributed by atoms with E-state index in [-0.39, 0.29) is 22.1 Å². The molecule has 0 unspecified atom stereocenters. The third-order valence-electron chi connectivity index (χ3n) is 2.76. The number of nitrogens with one attached hydrogen (secondary N) is 2. The van der Waals surface area contributed by atoms with Gasteiger partial charge in [0.2, 0.25) is 5.95 Å². The summed E-state index contributed by atoms with van der Waals surface area (Å²) in [4.78, 5) is 18.1. The van der Waals surface area contributed by atoms with Crippen LogP contribution in [0.3, 0.4) is 0 Å². The Morgan fingerprint density at radius 3 is 2.85 bits per heavy atom. The summed E-state index contributed by atoms with van der Waals surface area (Å²) in [7, 11) is 0. The number of aryl methyl sites for hydroxylation is 1. The number of aromatic nitrogens is 2. The molecule has 5 nitrogen and oxygen atoms in total. The molecule has 0 saturated heterocycles. The third kappa shape index (κ3) is 3.03. The summed E-state index contributed by atoms with van der Waals surface area (Å²) in [6.45, 7) is 3.39. The van der Waals surface area contributed by atoms with Crippen molar-refractivity contribution in [2.24, 2.45) is 5.10 Å². The number of rotatable bonds is 3. The van der Waals surface area contributed by atoms with Crippen LogP contribution in [0.15, 0.2) is 28.1 Å². The molecular formula is C13H12ClFN4O. The van der Waals surface area contributed by atoms with Crippen molar-refractivity contribution >= 4 is 23.8 Å². The van der Waals surface area contributed by atoms with Gasteiger partial charge in [-0.2, -0.15) is 5.10 Å². The van der Waals surface area contributed by atoms with E-state index < -0.39 is 5.82 Å². The van der Waals surface area contributed by atoms with Crippen LogP contribution in [-0.4, -0.2) is 16.2 Å². The SMILES string of the molecule is Cc1nc(N/N=C\c2c(F)cccc2Cl)[nH]c(=O)c1C. The Kier molecular flexibility index (Phi) is 4.14. The zero-order valence-corrected chi connectivity index (χ0v) is 11.6. The predicted molar refractivity (Wildman–Crippen MR) is 77.0 cm³/mol. The zero-order valence-electron chi connectivity index (χ0n) is 10.9. The molecule has 0 bridgehead atoms. The van der Waals surface area contributed by atoms with E-state index in [1.165, 1.54) is 18.3 Å². The van der Waals surface area contributed by atoms with Gasteiger partial charge in [-0.25, -0.2) is 14.8 Å². The van der Waals surface area contributed by atoms with Crippen LogP contribution in [-0.2, 0) is 0 Å². The number of hydrogen-bond acceptors (Lipinski definition) is 4. The number of nitrogens with zero attached hydrogens (tertiary/aromatic N) is 2. The van der Waals surface area contributed by atoms with Gasteiger partial charge in [0.15, 0.2) is 0 Å². The highest BCUT2D eigenvalue weighted by Crippen LogP contribution is 2.16. The minimum Gasteiger partial charge on any atom is -0.291 e. The molecule has 1 heterocycles. The van der Waals surface area contributed by atoms with Crippen molar-refractivity contribution in [3.05, 3.63) is 56.2 Å². The van der Waals surface area contributed by atoms with Crippen molar-refractivity contribution in [1.82, 2.24) is 9.97 Å². The Bertz CT molecular complexity index is 707. The van der Waals surface area contributed by atoms with Crippen molar-refractivity contribution in [2.75, 3.05) is 5.43 Å². The number of hydrazone groups is 1. The van der Waals surface area contributed by atoms with Crippen LogP contribution in [0.4, 0.5) is 10.3 Å². The molecule has 0 saturated carbocycles. The van der Waals surface area contributed by atoms with E-state index >= 15 is 0 Å². The van der Waals surface area contributed by atoms with E-state index in [2.05, 4.69) is 20.5 Å². The summed E-state index contributed by atoms with van der Waals surface area (Å²) in [5.74, 6) is -0.300. The molecule has 0 aliphatic carbocycles. The standard InChI is InChI=1S/C13H12ClFN4O/c1-7-8(2)17-13(18-12(7)20)19-16-6-9-10(14)4-3-5-11(9)15/h3-6H,1-2H3,(H2,17,18,19,20)/b16-6-. The van der Waals surface area contributed by atoms with Crippen LogP contribution in [0.1, 0.15) is 16.8 Å². The van der Waals surface area contributed by atoms with Crippen LogP contribution < -0.4 is 11.0 Å². The van der Waals surface area contributed by atoms with Crippen molar-refractivity contribution in [3.63, 3.8) is 0 Å². The highest BCUT2D eigenvalue weighted by atomic mass is 35.5. The van der Waals surface area contributed by atoms with Gasteiger partial charge in [-0.3, -0.25) is 9.78 Å². The molecule has 2 aromatic rings. The van der Waals surface area contributed by atoms with Gasteiger partial charge < -0.3 is 0 Å². The van der Waals surface area contributed by atoms with E-state index in [9.17, 15) is 9.18 Å². The average molecular weight is 295 g/mol.